The van der Waals surface area contributed by atoms with Crippen molar-refractivity contribution in [3.63, 3.8) is 0 Å². The lowest BCUT2D eigenvalue weighted by atomic mass is 10.0. The molecule has 0 saturated carbocycles. The third-order valence-corrected chi connectivity index (χ3v) is 7.67. The van der Waals surface area contributed by atoms with Crippen LogP contribution in [0.2, 0.25) is 0 Å². The average Bonchev–Trinajstić information content (AvgIpc) is 3.40. The van der Waals surface area contributed by atoms with Crippen LogP contribution in [0.25, 0.3) is 44.1 Å². The SMILES string of the molecule is CNc1cc(F)cc2c1[nH]c1ncc(-c3cnc4c(c3)c(=O)c(C(=O)O)cn4Cc3cnccn3)c(N3CCOCC3)c12. The van der Waals surface area contributed by atoms with Crippen LogP contribution in [-0.2, 0) is 11.3 Å². The van der Waals surface area contributed by atoms with Gasteiger partial charge in [0.05, 0.1) is 59.3 Å². The molecule has 13 heteroatoms. The molecule has 0 bridgehead atoms. The predicted molar refractivity (Wildman–Crippen MR) is 159 cm³/mol. The van der Waals surface area contributed by atoms with Gasteiger partial charge in [-0.2, -0.15) is 0 Å². The van der Waals surface area contributed by atoms with Crippen LogP contribution in [0.5, 0.6) is 0 Å². The number of aromatic carboxylic acids is 1. The van der Waals surface area contributed by atoms with E-state index in [1.165, 1.54) is 24.5 Å². The van der Waals surface area contributed by atoms with Crippen molar-refractivity contribution in [1.29, 1.82) is 0 Å². The number of fused-ring (bicyclic) bond motifs is 4. The number of ether oxygens (including phenoxy) is 1. The Morgan fingerprint density at radius 3 is 2.67 bits per heavy atom. The van der Waals surface area contributed by atoms with Gasteiger partial charge < -0.3 is 29.6 Å². The monoisotopic (exact) mass is 580 g/mol. The highest BCUT2D eigenvalue weighted by molar-refractivity contribution is 6.17. The molecule has 7 rings (SSSR count). The molecule has 43 heavy (non-hydrogen) atoms. The van der Waals surface area contributed by atoms with E-state index in [2.05, 4.69) is 30.2 Å². The zero-order valence-corrected chi connectivity index (χ0v) is 23.0. The van der Waals surface area contributed by atoms with Gasteiger partial charge >= 0.3 is 5.97 Å². The Labute approximate surface area is 242 Å². The Morgan fingerprint density at radius 2 is 1.93 bits per heavy atom. The lowest BCUT2D eigenvalue weighted by Crippen LogP contribution is -2.36. The van der Waals surface area contributed by atoms with Crippen molar-refractivity contribution in [2.45, 2.75) is 6.54 Å². The third-order valence-electron chi connectivity index (χ3n) is 7.67. The van der Waals surface area contributed by atoms with Crippen LogP contribution >= 0.6 is 0 Å². The molecule has 0 amide bonds. The van der Waals surface area contributed by atoms with Crippen molar-refractivity contribution in [1.82, 2.24) is 29.5 Å². The number of carbonyl (C=O) groups is 1. The van der Waals surface area contributed by atoms with Gasteiger partial charge in [0.15, 0.2) is 0 Å². The molecule has 5 aromatic heterocycles. The second kappa shape index (κ2) is 10.4. The molecular formula is C30H25FN8O4. The van der Waals surface area contributed by atoms with Crippen molar-refractivity contribution in [2.24, 2.45) is 0 Å². The number of morpholine rings is 1. The lowest BCUT2D eigenvalue weighted by Gasteiger charge is -2.31. The minimum atomic E-state index is -1.34. The van der Waals surface area contributed by atoms with Crippen molar-refractivity contribution < 1.29 is 19.0 Å². The molecular weight excluding hydrogens is 555 g/mol. The molecule has 1 saturated heterocycles. The van der Waals surface area contributed by atoms with Crippen molar-refractivity contribution >= 4 is 50.3 Å². The van der Waals surface area contributed by atoms with E-state index in [4.69, 9.17) is 9.72 Å². The van der Waals surface area contributed by atoms with E-state index < -0.39 is 17.2 Å². The summed E-state index contributed by atoms with van der Waals surface area (Å²) in [6.45, 7) is 2.35. The molecule has 1 fully saturated rings. The second-order valence-electron chi connectivity index (χ2n) is 10.2. The largest absolute Gasteiger partial charge is 0.477 e. The van der Waals surface area contributed by atoms with E-state index in [1.807, 2.05) is 0 Å². The van der Waals surface area contributed by atoms with Gasteiger partial charge in [0.2, 0.25) is 5.43 Å². The number of aromatic amines is 1. The third kappa shape index (κ3) is 4.50. The van der Waals surface area contributed by atoms with Gasteiger partial charge in [-0.3, -0.25) is 14.8 Å². The summed E-state index contributed by atoms with van der Waals surface area (Å²) in [5, 5.41) is 14.4. The van der Waals surface area contributed by atoms with Crippen LogP contribution in [0.15, 0.2) is 60.2 Å². The van der Waals surface area contributed by atoms with Gasteiger partial charge in [-0.05, 0) is 18.2 Å². The number of carboxylic acids is 1. The first-order valence-corrected chi connectivity index (χ1v) is 13.6. The van der Waals surface area contributed by atoms with Gasteiger partial charge in [-0.25, -0.2) is 19.2 Å². The fraction of sp³-hybridized carbons (Fsp3) is 0.200. The molecule has 6 aromatic rings. The van der Waals surface area contributed by atoms with Gasteiger partial charge in [-0.15, -0.1) is 0 Å². The lowest BCUT2D eigenvalue weighted by molar-refractivity contribution is 0.0694. The summed E-state index contributed by atoms with van der Waals surface area (Å²) < 4.78 is 22.0. The Hall–Kier alpha value is -5.43. The number of aromatic nitrogens is 6. The number of pyridine rings is 3. The molecule has 0 aliphatic carbocycles. The van der Waals surface area contributed by atoms with E-state index >= 15 is 0 Å². The first-order chi connectivity index (χ1) is 20.9. The van der Waals surface area contributed by atoms with Crippen LogP contribution < -0.4 is 15.6 Å². The average molecular weight is 581 g/mol. The summed E-state index contributed by atoms with van der Waals surface area (Å²) in [4.78, 5) is 48.7. The molecule has 0 radical (unpaired) electrons. The number of carboxylic acid groups (broad SMARTS) is 1. The van der Waals surface area contributed by atoms with Crippen LogP contribution in [0, 0.1) is 5.82 Å². The van der Waals surface area contributed by atoms with Crippen molar-refractivity contribution in [3.05, 3.63) is 82.7 Å². The second-order valence-corrected chi connectivity index (χ2v) is 10.2. The van der Waals surface area contributed by atoms with Gasteiger partial charge in [0.25, 0.3) is 0 Å². The maximum absolute atomic E-state index is 14.8. The number of rotatable bonds is 6. The molecule has 1 aliphatic rings. The summed E-state index contributed by atoms with van der Waals surface area (Å²) in [6.07, 6.45) is 9.25. The first kappa shape index (κ1) is 26.5. The number of nitrogens with one attached hydrogen (secondary N) is 2. The summed E-state index contributed by atoms with van der Waals surface area (Å²) in [5.41, 5.74) is 3.76. The molecule has 6 heterocycles. The Bertz CT molecular complexity index is 2110. The molecule has 0 atom stereocenters. The number of anilines is 2. The predicted octanol–water partition coefficient (Wildman–Crippen LogP) is 3.65. The van der Waals surface area contributed by atoms with Crippen LogP contribution in [0.1, 0.15) is 16.1 Å². The highest BCUT2D eigenvalue weighted by Crippen LogP contribution is 2.42. The summed E-state index contributed by atoms with van der Waals surface area (Å²) in [7, 11) is 1.73. The van der Waals surface area contributed by atoms with Crippen LogP contribution in [0.4, 0.5) is 15.8 Å². The smallest absolute Gasteiger partial charge is 0.341 e. The molecule has 1 aromatic carbocycles. The summed E-state index contributed by atoms with van der Waals surface area (Å²) >= 11 is 0. The molecule has 0 unspecified atom stereocenters. The Morgan fingerprint density at radius 1 is 1.09 bits per heavy atom. The highest BCUT2D eigenvalue weighted by atomic mass is 19.1. The number of H-pyrrole nitrogens is 1. The fourth-order valence-electron chi connectivity index (χ4n) is 5.71. The fourth-order valence-corrected chi connectivity index (χ4v) is 5.71. The van der Waals surface area contributed by atoms with Crippen molar-refractivity contribution in [3.8, 4) is 11.1 Å². The Balaban J connectivity index is 1.49. The van der Waals surface area contributed by atoms with Gasteiger partial charge in [0, 0.05) is 67.6 Å². The zero-order valence-electron chi connectivity index (χ0n) is 23.0. The topological polar surface area (TPSA) is 151 Å². The van der Waals surface area contributed by atoms with Crippen molar-refractivity contribution in [2.75, 3.05) is 43.6 Å². The number of nitrogens with zero attached hydrogens (tertiary/aromatic N) is 6. The quantitative estimate of drug-likeness (QED) is 0.266. The number of hydrogen-bond donors (Lipinski definition) is 3. The normalized spacial score (nSPS) is 13.7. The van der Waals surface area contributed by atoms with Crippen LogP contribution in [0.3, 0.4) is 0 Å². The zero-order chi connectivity index (χ0) is 29.7. The number of hydrogen-bond acceptors (Lipinski definition) is 9. The van der Waals surface area contributed by atoms with Gasteiger partial charge in [0.1, 0.15) is 22.7 Å². The minimum absolute atomic E-state index is 0.136. The number of halogens is 1. The Kier molecular flexibility index (Phi) is 6.43. The van der Waals surface area contributed by atoms with E-state index in [0.29, 0.717) is 71.0 Å². The molecule has 12 nitrogen and oxygen atoms in total. The molecule has 1 aliphatic heterocycles. The molecule has 3 N–H and O–H groups in total. The van der Waals surface area contributed by atoms with E-state index in [-0.39, 0.29) is 17.5 Å². The standard InChI is InChI=1S/C30H25FN8O4/c1-32-23-10-17(31)9-19-24-26(38-4-6-43-7-5-38)21(13-35-28(24)37-25(19)23)16-8-20-27(40)22(30(41)42)15-39(29(20)36-11-16)14-18-12-33-2-3-34-18/h2-3,8-13,15,32H,4-7,14H2,1H3,(H,35,37)(H,41,42). The summed E-state index contributed by atoms with van der Waals surface area (Å²) in [5.74, 6) is -1.74. The van der Waals surface area contributed by atoms with Gasteiger partial charge in [-0.1, -0.05) is 0 Å². The maximum atomic E-state index is 14.8. The molecule has 0 spiro atoms. The van der Waals surface area contributed by atoms with Crippen LogP contribution in [-0.4, -0.2) is 73.9 Å². The minimum Gasteiger partial charge on any atom is -0.477 e. The molecule has 216 valence electrons. The van der Waals surface area contributed by atoms with E-state index in [9.17, 15) is 19.1 Å². The highest BCUT2D eigenvalue weighted by Gasteiger charge is 2.25. The number of benzene rings is 1. The summed E-state index contributed by atoms with van der Waals surface area (Å²) in [6, 6.07) is 4.55. The maximum Gasteiger partial charge on any atom is 0.341 e. The van der Waals surface area contributed by atoms with E-state index in [0.717, 1.165) is 11.1 Å². The van der Waals surface area contributed by atoms with E-state index in [1.54, 1.807) is 42.5 Å². The first-order valence-electron chi connectivity index (χ1n) is 13.6.